The largest absolute Gasteiger partial charge is 0.457 e. The van der Waals surface area contributed by atoms with E-state index in [0.29, 0.717) is 34.6 Å². The van der Waals surface area contributed by atoms with Crippen molar-refractivity contribution in [3.05, 3.63) is 57.6 Å². The zero-order valence-electron chi connectivity index (χ0n) is 14.9. The van der Waals surface area contributed by atoms with Crippen molar-refractivity contribution in [3.63, 3.8) is 0 Å². The summed E-state index contributed by atoms with van der Waals surface area (Å²) >= 11 is 3.35. The number of rotatable bonds is 3. The van der Waals surface area contributed by atoms with Crippen LogP contribution in [-0.4, -0.2) is 22.9 Å². The van der Waals surface area contributed by atoms with Crippen LogP contribution >= 0.6 is 15.9 Å². The summed E-state index contributed by atoms with van der Waals surface area (Å²) < 4.78 is 12.0. The van der Waals surface area contributed by atoms with Gasteiger partial charge in [0.05, 0.1) is 5.56 Å². The second kappa shape index (κ2) is 7.11. The van der Waals surface area contributed by atoms with Crippen molar-refractivity contribution in [2.45, 2.75) is 39.5 Å². The molecule has 136 valence electrons. The standard InChI is InChI=1S/C20H20BrNO4/c1-20(2,3)26-19(24)22-10-13-7-8-15(9-14(13)11-22)25-18-6-4-5-17(21)16(18)12-23/h4-9,12H,10-11H2,1-3H3. The minimum Gasteiger partial charge on any atom is -0.457 e. The molecule has 0 unspecified atom stereocenters. The van der Waals surface area contributed by atoms with Crippen LogP contribution in [0.25, 0.3) is 0 Å². The molecule has 5 nitrogen and oxygen atoms in total. The van der Waals surface area contributed by atoms with Crippen LogP contribution in [0.15, 0.2) is 40.9 Å². The smallest absolute Gasteiger partial charge is 0.410 e. The highest BCUT2D eigenvalue weighted by atomic mass is 79.9. The summed E-state index contributed by atoms with van der Waals surface area (Å²) in [7, 11) is 0. The maximum atomic E-state index is 12.3. The molecular formula is C20H20BrNO4. The third kappa shape index (κ3) is 4.07. The second-order valence-corrected chi connectivity index (χ2v) is 7.99. The van der Waals surface area contributed by atoms with Crippen molar-refractivity contribution in [1.82, 2.24) is 4.90 Å². The van der Waals surface area contributed by atoms with Crippen molar-refractivity contribution in [1.29, 1.82) is 0 Å². The van der Waals surface area contributed by atoms with Crippen LogP contribution in [0.3, 0.4) is 0 Å². The van der Waals surface area contributed by atoms with E-state index >= 15 is 0 Å². The van der Waals surface area contributed by atoms with E-state index in [2.05, 4.69) is 15.9 Å². The number of carbonyl (C=O) groups excluding carboxylic acids is 2. The van der Waals surface area contributed by atoms with Crippen molar-refractivity contribution >= 4 is 28.3 Å². The topological polar surface area (TPSA) is 55.8 Å². The average Bonchev–Trinajstić information content (AvgIpc) is 2.97. The molecule has 1 aliphatic rings. The zero-order valence-corrected chi connectivity index (χ0v) is 16.5. The summed E-state index contributed by atoms with van der Waals surface area (Å²) in [5.74, 6) is 1.10. The van der Waals surface area contributed by atoms with E-state index < -0.39 is 5.60 Å². The lowest BCUT2D eigenvalue weighted by Gasteiger charge is -2.24. The van der Waals surface area contributed by atoms with Gasteiger partial charge in [-0.1, -0.05) is 12.1 Å². The van der Waals surface area contributed by atoms with Crippen LogP contribution in [-0.2, 0) is 17.8 Å². The Morgan fingerprint density at radius 3 is 2.58 bits per heavy atom. The van der Waals surface area contributed by atoms with Crippen LogP contribution in [0, 0.1) is 0 Å². The Bertz CT molecular complexity index is 857. The molecule has 1 aliphatic heterocycles. The Hall–Kier alpha value is -2.34. The number of halogens is 1. The summed E-state index contributed by atoms with van der Waals surface area (Å²) in [6.45, 7) is 6.54. The van der Waals surface area contributed by atoms with Crippen LogP contribution in [0.2, 0.25) is 0 Å². The van der Waals surface area contributed by atoms with Gasteiger partial charge in [0.25, 0.3) is 0 Å². The molecule has 1 amide bonds. The normalized spacial score (nSPS) is 13.3. The third-order valence-electron chi connectivity index (χ3n) is 3.91. The highest BCUT2D eigenvalue weighted by Crippen LogP contribution is 2.33. The van der Waals surface area contributed by atoms with Crippen LogP contribution in [0.4, 0.5) is 4.79 Å². The Kier molecular flexibility index (Phi) is 5.05. The van der Waals surface area contributed by atoms with Gasteiger partial charge in [-0.25, -0.2) is 4.79 Å². The maximum absolute atomic E-state index is 12.3. The number of nitrogens with zero attached hydrogens (tertiary/aromatic N) is 1. The molecule has 0 fully saturated rings. The third-order valence-corrected chi connectivity index (χ3v) is 4.60. The number of carbonyl (C=O) groups is 2. The molecule has 6 heteroatoms. The number of amides is 1. The molecular weight excluding hydrogens is 398 g/mol. The molecule has 0 saturated heterocycles. The summed E-state index contributed by atoms with van der Waals surface area (Å²) in [5.41, 5.74) is 2.01. The highest BCUT2D eigenvalue weighted by molar-refractivity contribution is 9.10. The molecule has 0 bridgehead atoms. The molecule has 0 saturated carbocycles. The first-order valence-electron chi connectivity index (χ1n) is 8.28. The monoisotopic (exact) mass is 417 g/mol. The number of hydrogen-bond acceptors (Lipinski definition) is 4. The molecule has 3 rings (SSSR count). The van der Waals surface area contributed by atoms with E-state index in [0.717, 1.165) is 17.4 Å². The quantitative estimate of drug-likeness (QED) is 0.635. The molecule has 0 atom stereocenters. The lowest BCUT2D eigenvalue weighted by molar-refractivity contribution is 0.0241. The van der Waals surface area contributed by atoms with Gasteiger partial charge >= 0.3 is 6.09 Å². The van der Waals surface area contributed by atoms with Crippen molar-refractivity contribution < 1.29 is 19.1 Å². The number of fused-ring (bicyclic) bond motifs is 1. The van der Waals surface area contributed by atoms with Crippen LogP contribution < -0.4 is 4.74 Å². The van der Waals surface area contributed by atoms with Gasteiger partial charge in [0.1, 0.15) is 17.1 Å². The van der Waals surface area contributed by atoms with Crippen LogP contribution in [0.5, 0.6) is 11.5 Å². The van der Waals surface area contributed by atoms with E-state index in [4.69, 9.17) is 9.47 Å². The minimum atomic E-state index is -0.522. The number of hydrogen-bond donors (Lipinski definition) is 0. The minimum absolute atomic E-state index is 0.327. The Labute approximate surface area is 161 Å². The Morgan fingerprint density at radius 1 is 1.15 bits per heavy atom. The summed E-state index contributed by atoms with van der Waals surface area (Å²) in [6.07, 6.45) is 0.434. The SMILES string of the molecule is CC(C)(C)OC(=O)N1Cc2ccc(Oc3cccc(Br)c3C=O)cc2C1. The first-order chi connectivity index (χ1) is 12.3. The van der Waals surface area contributed by atoms with Crippen molar-refractivity contribution in [3.8, 4) is 11.5 Å². The van der Waals surface area contributed by atoms with E-state index in [-0.39, 0.29) is 6.09 Å². The molecule has 0 aromatic heterocycles. The van der Waals surface area contributed by atoms with Crippen molar-refractivity contribution in [2.24, 2.45) is 0 Å². The van der Waals surface area contributed by atoms with Crippen LogP contribution in [0.1, 0.15) is 42.3 Å². The fourth-order valence-corrected chi connectivity index (χ4v) is 3.18. The van der Waals surface area contributed by atoms with Gasteiger partial charge in [-0.2, -0.15) is 0 Å². The van der Waals surface area contributed by atoms with Gasteiger partial charge in [0.15, 0.2) is 6.29 Å². The van der Waals surface area contributed by atoms with Gasteiger partial charge < -0.3 is 9.47 Å². The van der Waals surface area contributed by atoms with E-state index in [1.54, 1.807) is 17.0 Å². The van der Waals surface area contributed by atoms with E-state index in [1.165, 1.54) is 0 Å². The number of benzene rings is 2. The van der Waals surface area contributed by atoms with Gasteiger partial charge in [-0.05, 0) is 72.1 Å². The molecule has 0 N–H and O–H groups in total. The average molecular weight is 418 g/mol. The van der Waals surface area contributed by atoms with Gasteiger partial charge in [-0.15, -0.1) is 0 Å². The second-order valence-electron chi connectivity index (χ2n) is 7.14. The molecule has 2 aromatic rings. The lowest BCUT2D eigenvalue weighted by Crippen LogP contribution is -2.33. The number of aldehydes is 1. The molecule has 0 radical (unpaired) electrons. The summed E-state index contributed by atoms with van der Waals surface area (Å²) in [6, 6.07) is 11.0. The van der Waals surface area contributed by atoms with Gasteiger partial charge in [0.2, 0.25) is 0 Å². The summed E-state index contributed by atoms with van der Waals surface area (Å²) in [4.78, 5) is 25.2. The highest BCUT2D eigenvalue weighted by Gasteiger charge is 2.28. The molecule has 0 spiro atoms. The molecule has 1 heterocycles. The maximum Gasteiger partial charge on any atom is 0.410 e. The van der Waals surface area contributed by atoms with Crippen molar-refractivity contribution in [2.75, 3.05) is 0 Å². The van der Waals surface area contributed by atoms with E-state index in [1.807, 2.05) is 45.0 Å². The van der Waals surface area contributed by atoms with E-state index in [9.17, 15) is 9.59 Å². The number of ether oxygens (including phenoxy) is 2. The fourth-order valence-electron chi connectivity index (χ4n) is 2.74. The Balaban J connectivity index is 1.76. The van der Waals surface area contributed by atoms with Gasteiger partial charge in [0, 0.05) is 17.6 Å². The first kappa shape index (κ1) is 18.5. The molecule has 26 heavy (non-hydrogen) atoms. The zero-order chi connectivity index (χ0) is 18.9. The Morgan fingerprint density at radius 2 is 1.88 bits per heavy atom. The summed E-state index contributed by atoms with van der Waals surface area (Å²) in [5, 5.41) is 0. The predicted octanol–water partition coefficient (Wildman–Crippen LogP) is 5.30. The molecule has 2 aromatic carbocycles. The molecule has 0 aliphatic carbocycles. The lowest BCUT2D eigenvalue weighted by atomic mass is 10.1. The predicted molar refractivity (Wildman–Crippen MR) is 102 cm³/mol. The fraction of sp³-hybridized carbons (Fsp3) is 0.300. The van der Waals surface area contributed by atoms with Gasteiger partial charge in [-0.3, -0.25) is 9.69 Å². The first-order valence-corrected chi connectivity index (χ1v) is 9.07.